The molecule has 338 valence electrons. The maximum absolute atomic E-state index is 13.7. The SMILES string of the molecule is Nc1nnc(-c2ccccc2OC(=O)COC(=O)C[NH+]2CCCCC2)cc1-n1cc(N2CCN(C3CCC(c4cccc5c4OCCN5C4CCC(=O)NC4=O)CC3)CC2=O)cn1.[I-]. The minimum atomic E-state index is -0.718. The Labute approximate surface area is 387 Å². The number of likely N-dealkylation sites (tertiary alicyclic amines) is 1. The zero-order valence-corrected chi connectivity index (χ0v) is 37.7. The molecule has 4 aliphatic heterocycles. The number of imide groups is 1. The molecule has 2 aromatic carbocycles. The molecular weight excluding hydrogens is 935 g/mol. The van der Waals surface area contributed by atoms with Gasteiger partial charge in [0.1, 0.15) is 29.8 Å². The van der Waals surface area contributed by atoms with E-state index in [-0.39, 0.29) is 65.9 Å². The van der Waals surface area contributed by atoms with Crippen molar-refractivity contribution in [2.45, 2.75) is 75.8 Å². The summed E-state index contributed by atoms with van der Waals surface area (Å²) >= 11 is 0. The minimum Gasteiger partial charge on any atom is -1.00 e. The highest BCUT2D eigenvalue weighted by Crippen LogP contribution is 2.45. The predicted octanol–water partition coefficient (Wildman–Crippen LogP) is -1.19. The van der Waals surface area contributed by atoms with Gasteiger partial charge in [0.25, 0.3) is 0 Å². The van der Waals surface area contributed by atoms with E-state index < -0.39 is 24.6 Å². The number of halogens is 1. The number of quaternary nitrogens is 1. The third-order valence-corrected chi connectivity index (χ3v) is 13.0. The number of hydrogen-bond acceptors (Lipinski definition) is 14. The monoisotopic (exact) mass is 988 g/mol. The van der Waals surface area contributed by atoms with E-state index in [1.807, 2.05) is 12.1 Å². The van der Waals surface area contributed by atoms with Crippen LogP contribution in [0, 0.1) is 0 Å². The lowest BCUT2D eigenvalue weighted by Crippen LogP contribution is -3.13. The first-order chi connectivity index (χ1) is 30.7. The van der Waals surface area contributed by atoms with Crippen LogP contribution in [0.5, 0.6) is 11.5 Å². The molecule has 1 aliphatic carbocycles. The van der Waals surface area contributed by atoms with Gasteiger partial charge in [-0.1, -0.05) is 24.3 Å². The number of piperidine rings is 2. The number of piperazine rings is 1. The van der Waals surface area contributed by atoms with Crippen LogP contribution < -0.4 is 59.2 Å². The molecular formula is C45H53IN10O8. The molecule has 6 heterocycles. The van der Waals surface area contributed by atoms with E-state index >= 15 is 0 Å². The third kappa shape index (κ3) is 9.85. The summed E-state index contributed by atoms with van der Waals surface area (Å²) in [6.07, 6.45) is 11.3. The highest BCUT2D eigenvalue weighted by atomic mass is 127. The topological polar surface area (TPSA) is 209 Å². The van der Waals surface area contributed by atoms with E-state index in [2.05, 4.69) is 36.5 Å². The van der Waals surface area contributed by atoms with Crippen molar-refractivity contribution >= 4 is 46.9 Å². The molecule has 4 fully saturated rings. The number of carbonyl (C=O) groups excluding carboxylic acids is 5. The summed E-state index contributed by atoms with van der Waals surface area (Å²) in [4.78, 5) is 70.7. The lowest BCUT2D eigenvalue weighted by atomic mass is 9.80. The fourth-order valence-electron chi connectivity index (χ4n) is 9.78. The van der Waals surface area contributed by atoms with Gasteiger partial charge in [0.05, 0.1) is 55.6 Å². The molecule has 3 amide bonds. The van der Waals surface area contributed by atoms with Crippen LogP contribution in [0.2, 0.25) is 0 Å². The maximum Gasteiger partial charge on any atom is 0.362 e. The molecule has 2 aromatic heterocycles. The number of carbonyl (C=O) groups is 5. The van der Waals surface area contributed by atoms with E-state index in [4.69, 9.17) is 19.9 Å². The number of amides is 3. The number of fused-ring (bicyclic) bond motifs is 1. The third-order valence-electron chi connectivity index (χ3n) is 13.0. The maximum atomic E-state index is 13.7. The Morgan fingerprint density at radius 3 is 2.52 bits per heavy atom. The van der Waals surface area contributed by atoms with Gasteiger partial charge in [-0.25, -0.2) is 14.3 Å². The number of para-hydroxylation sites is 2. The van der Waals surface area contributed by atoms with Crippen LogP contribution in [0.25, 0.3) is 16.9 Å². The smallest absolute Gasteiger partial charge is 0.362 e. The van der Waals surface area contributed by atoms with Crippen LogP contribution in [0.4, 0.5) is 17.2 Å². The number of aromatic nitrogens is 4. The molecule has 1 atom stereocenters. The van der Waals surface area contributed by atoms with Gasteiger partial charge in [-0.05, 0) is 87.1 Å². The summed E-state index contributed by atoms with van der Waals surface area (Å²) in [5.74, 6) is -0.172. The molecule has 18 nitrogen and oxygen atoms in total. The first-order valence-electron chi connectivity index (χ1n) is 22.1. The lowest BCUT2D eigenvalue weighted by Gasteiger charge is -2.42. The van der Waals surface area contributed by atoms with Gasteiger partial charge in [0.2, 0.25) is 17.7 Å². The van der Waals surface area contributed by atoms with E-state index in [0.717, 1.165) is 73.5 Å². The van der Waals surface area contributed by atoms with Gasteiger partial charge in [-0.15, -0.1) is 10.2 Å². The zero-order chi connectivity index (χ0) is 43.5. The van der Waals surface area contributed by atoms with Gasteiger partial charge in [0.15, 0.2) is 19.0 Å². The van der Waals surface area contributed by atoms with Crippen molar-refractivity contribution in [3.8, 4) is 28.4 Å². The number of nitrogens with two attached hydrogens (primary N) is 1. The van der Waals surface area contributed by atoms with Crippen molar-refractivity contribution < 1.29 is 67.1 Å². The van der Waals surface area contributed by atoms with Crippen molar-refractivity contribution in [2.24, 2.45) is 0 Å². The second-order valence-electron chi connectivity index (χ2n) is 17.0. The van der Waals surface area contributed by atoms with Crippen LogP contribution >= 0.6 is 0 Å². The second-order valence-corrected chi connectivity index (χ2v) is 17.0. The van der Waals surface area contributed by atoms with Crippen molar-refractivity contribution in [3.05, 3.63) is 66.5 Å². The standard InChI is InChI=1S/C45H52N10O8.HI/c46-44-37(23-34(49-50-44)33-7-2-3-10-38(33)63-42(59)28-62-41(58)27-51-17-4-1-5-18-51)55-25-31(24-47-55)53-20-19-52(26-40(53)57)30-13-11-29(12-14-30)32-8-6-9-35-43(32)61-22-21-54(35)36-15-16-39(56)48-45(36)60;/h2-3,6-10,23-25,29-30,36H,1,4-5,11-22,26-28H2,(H2,46,50)(H,48,56,60);1H. The molecule has 3 saturated heterocycles. The van der Waals surface area contributed by atoms with E-state index in [0.29, 0.717) is 74.2 Å². The summed E-state index contributed by atoms with van der Waals surface area (Å²) in [5, 5.41) is 15.5. The highest BCUT2D eigenvalue weighted by Gasteiger charge is 2.38. The van der Waals surface area contributed by atoms with Gasteiger partial charge in [0, 0.05) is 31.1 Å². The Kier molecular flexibility index (Phi) is 14.0. The molecule has 4 aromatic rings. The quantitative estimate of drug-likeness (QED) is 0.0700. The van der Waals surface area contributed by atoms with Gasteiger partial charge < -0.3 is 58.6 Å². The molecule has 1 saturated carbocycles. The summed E-state index contributed by atoms with van der Waals surface area (Å²) in [6.45, 7) is 4.13. The number of nitrogens with zero attached hydrogens (tertiary/aromatic N) is 7. The average molecular weight is 989 g/mol. The first kappa shape index (κ1) is 44.9. The number of nitrogen functional groups attached to an aromatic ring is 1. The number of rotatable bonds is 11. The Bertz CT molecular complexity index is 2380. The molecule has 64 heavy (non-hydrogen) atoms. The highest BCUT2D eigenvalue weighted by molar-refractivity contribution is 6.02. The second kappa shape index (κ2) is 20.0. The van der Waals surface area contributed by atoms with Crippen LogP contribution in [0.3, 0.4) is 0 Å². The Balaban J connectivity index is 0.00000560. The molecule has 0 spiro atoms. The normalized spacial score (nSPS) is 21.9. The summed E-state index contributed by atoms with van der Waals surface area (Å²) in [6, 6.07) is 14.6. The lowest BCUT2D eigenvalue weighted by molar-refractivity contribution is -0.897. The molecule has 5 aliphatic rings. The minimum absolute atomic E-state index is 0. The van der Waals surface area contributed by atoms with Crippen LogP contribution in [0.1, 0.15) is 69.3 Å². The Morgan fingerprint density at radius 2 is 1.72 bits per heavy atom. The van der Waals surface area contributed by atoms with Gasteiger partial charge in [-0.2, -0.15) is 5.10 Å². The fraction of sp³-hybridized carbons (Fsp3) is 0.467. The number of anilines is 3. The number of nitrogens with one attached hydrogen (secondary N) is 2. The van der Waals surface area contributed by atoms with E-state index in [1.165, 1.54) is 6.42 Å². The van der Waals surface area contributed by atoms with E-state index in [1.54, 1.807) is 52.3 Å². The van der Waals surface area contributed by atoms with Crippen LogP contribution in [0.15, 0.2) is 60.9 Å². The van der Waals surface area contributed by atoms with E-state index in [9.17, 15) is 24.0 Å². The number of esters is 2. The average Bonchev–Trinajstić information content (AvgIpc) is 3.79. The van der Waals surface area contributed by atoms with Crippen molar-refractivity contribution in [3.63, 3.8) is 0 Å². The number of hydrogen-bond donors (Lipinski definition) is 3. The Morgan fingerprint density at radius 1 is 0.906 bits per heavy atom. The Hall–Kier alpha value is -5.67. The van der Waals surface area contributed by atoms with Crippen LogP contribution in [-0.2, 0) is 28.7 Å². The zero-order valence-electron chi connectivity index (χ0n) is 35.6. The summed E-state index contributed by atoms with van der Waals surface area (Å²) in [7, 11) is 0. The number of benzene rings is 2. The van der Waals surface area contributed by atoms with Crippen LogP contribution in [-0.4, -0.2) is 126 Å². The summed E-state index contributed by atoms with van der Waals surface area (Å²) in [5.41, 5.74) is 10.3. The first-order valence-corrected chi connectivity index (χ1v) is 22.1. The molecule has 19 heteroatoms. The molecule has 1 unspecified atom stereocenters. The largest absolute Gasteiger partial charge is 1.00 e. The van der Waals surface area contributed by atoms with Crippen molar-refractivity contribution in [1.82, 2.24) is 30.2 Å². The molecule has 0 bridgehead atoms. The van der Waals surface area contributed by atoms with Crippen molar-refractivity contribution in [1.29, 1.82) is 0 Å². The summed E-state index contributed by atoms with van der Waals surface area (Å²) < 4.78 is 18.7. The molecule has 9 rings (SSSR count). The van der Waals surface area contributed by atoms with Gasteiger partial charge in [-0.3, -0.25) is 24.6 Å². The molecule has 4 N–H and O–H groups in total. The van der Waals surface area contributed by atoms with Crippen molar-refractivity contribution in [2.75, 3.05) is 74.6 Å². The fourth-order valence-corrected chi connectivity index (χ4v) is 9.78. The predicted molar refractivity (Wildman–Crippen MR) is 229 cm³/mol. The number of ether oxygens (including phenoxy) is 3. The van der Waals surface area contributed by atoms with Gasteiger partial charge >= 0.3 is 11.9 Å². The molecule has 0 radical (unpaired) electrons.